The highest BCUT2D eigenvalue weighted by atomic mass is 16.5. The third kappa shape index (κ3) is 10.6. The van der Waals surface area contributed by atoms with Crippen LogP contribution in [0.3, 0.4) is 0 Å². The fraction of sp³-hybridized carbons (Fsp3) is 0.361. The monoisotopic (exact) mass is 657 g/mol. The first-order chi connectivity index (χ1) is 23.1. The van der Waals surface area contributed by atoms with E-state index in [4.69, 9.17) is 4.74 Å². The van der Waals surface area contributed by atoms with Crippen LogP contribution in [0, 0.1) is 5.92 Å². The fourth-order valence-electron chi connectivity index (χ4n) is 5.25. The average Bonchev–Trinajstić information content (AvgIpc) is 3.07. The number of aryl methyl sites for hydroxylation is 1. The van der Waals surface area contributed by atoms with E-state index in [1.54, 1.807) is 44.2 Å². The molecule has 0 spiro atoms. The Labute approximate surface area is 280 Å². The molecule has 4 rings (SSSR count). The summed E-state index contributed by atoms with van der Waals surface area (Å²) in [6, 6.07) is 19.1. The molecule has 1 aliphatic rings. The topological polar surface area (TPSA) is 175 Å². The number of hydrogen-bond donors (Lipinski definition) is 6. The van der Waals surface area contributed by atoms with Crippen LogP contribution in [0.2, 0.25) is 0 Å². The van der Waals surface area contributed by atoms with Crippen molar-refractivity contribution in [2.75, 3.05) is 19.7 Å². The highest BCUT2D eigenvalue weighted by Gasteiger charge is 2.31. The molecule has 254 valence electrons. The van der Waals surface area contributed by atoms with Gasteiger partial charge in [0, 0.05) is 13.0 Å². The molecule has 48 heavy (non-hydrogen) atoms. The van der Waals surface area contributed by atoms with Crippen LogP contribution in [0.15, 0.2) is 78.9 Å². The van der Waals surface area contributed by atoms with Gasteiger partial charge in [0.2, 0.25) is 23.6 Å². The summed E-state index contributed by atoms with van der Waals surface area (Å²) in [5.74, 6) is -2.91. The molecular weight excluding hydrogens is 614 g/mol. The number of hydrogen-bond acceptors (Lipinski definition) is 7. The van der Waals surface area contributed by atoms with Gasteiger partial charge in [-0.1, -0.05) is 68.4 Å². The van der Waals surface area contributed by atoms with Crippen molar-refractivity contribution >= 4 is 29.5 Å². The van der Waals surface area contributed by atoms with Gasteiger partial charge in [-0.3, -0.25) is 24.0 Å². The zero-order chi connectivity index (χ0) is 34.5. The number of phenolic OH excluding ortho intramolecular Hbond substituents is 1. The normalized spacial score (nSPS) is 19.4. The Balaban J connectivity index is 1.59. The SMILES string of the molecule is CC(C)[C@H]1NC(=O)[C@H](Cc2ccc(O)cc2)NC(=O)C[C@@H](C(=O)NCCCc2ccccc2)NC(=O)c2ccccc2OCCNC1=O. The van der Waals surface area contributed by atoms with E-state index >= 15 is 0 Å². The number of nitrogens with one attached hydrogen (secondary N) is 5. The van der Waals surface area contributed by atoms with Crippen LogP contribution in [0.5, 0.6) is 11.5 Å². The highest BCUT2D eigenvalue weighted by Crippen LogP contribution is 2.19. The first kappa shape index (κ1) is 35.5. The fourth-order valence-corrected chi connectivity index (χ4v) is 5.25. The summed E-state index contributed by atoms with van der Waals surface area (Å²) in [4.78, 5) is 67.2. The average molecular weight is 658 g/mol. The van der Waals surface area contributed by atoms with Crippen LogP contribution in [-0.2, 0) is 32.0 Å². The molecule has 12 nitrogen and oxygen atoms in total. The molecule has 0 aliphatic carbocycles. The van der Waals surface area contributed by atoms with Crippen LogP contribution in [0.25, 0.3) is 0 Å². The van der Waals surface area contributed by atoms with Crippen LogP contribution < -0.4 is 31.3 Å². The van der Waals surface area contributed by atoms with Gasteiger partial charge in [0.1, 0.15) is 36.2 Å². The van der Waals surface area contributed by atoms with Gasteiger partial charge in [-0.2, -0.15) is 0 Å². The maximum absolute atomic E-state index is 13.6. The lowest BCUT2D eigenvalue weighted by molar-refractivity contribution is -0.133. The predicted molar refractivity (Wildman–Crippen MR) is 179 cm³/mol. The van der Waals surface area contributed by atoms with E-state index in [1.807, 2.05) is 30.3 Å². The lowest BCUT2D eigenvalue weighted by Gasteiger charge is -2.26. The second kappa shape index (κ2) is 17.5. The Morgan fingerprint density at radius 1 is 0.875 bits per heavy atom. The summed E-state index contributed by atoms with van der Waals surface area (Å²) in [5.41, 5.74) is 1.91. The third-order valence-electron chi connectivity index (χ3n) is 7.86. The molecule has 0 radical (unpaired) electrons. The van der Waals surface area contributed by atoms with Crippen molar-refractivity contribution in [3.63, 3.8) is 0 Å². The zero-order valence-corrected chi connectivity index (χ0v) is 27.2. The number of ether oxygens (including phenoxy) is 1. The van der Waals surface area contributed by atoms with Gasteiger partial charge in [-0.25, -0.2) is 0 Å². The van der Waals surface area contributed by atoms with E-state index in [2.05, 4.69) is 26.6 Å². The minimum atomic E-state index is -1.28. The predicted octanol–water partition coefficient (Wildman–Crippen LogP) is 2.01. The number of rotatable bonds is 8. The lowest BCUT2D eigenvalue weighted by atomic mass is 10.0. The van der Waals surface area contributed by atoms with E-state index in [0.29, 0.717) is 18.5 Å². The largest absolute Gasteiger partial charge is 0.508 e. The van der Waals surface area contributed by atoms with Crippen molar-refractivity contribution < 1.29 is 33.8 Å². The van der Waals surface area contributed by atoms with Gasteiger partial charge in [0.15, 0.2) is 0 Å². The Bertz CT molecular complexity index is 1560. The molecule has 0 unspecified atom stereocenters. The Kier molecular flexibility index (Phi) is 12.9. The number of fused-ring (bicyclic) bond motifs is 1. The number of para-hydroxylation sites is 1. The van der Waals surface area contributed by atoms with Crippen molar-refractivity contribution in [1.29, 1.82) is 0 Å². The summed E-state index contributed by atoms with van der Waals surface area (Å²) in [6.07, 6.45) is 0.936. The zero-order valence-electron chi connectivity index (χ0n) is 27.2. The molecular formula is C36H43N5O7. The standard InChI is InChI=1S/C36H43N5O7/c1-23(2)32-36(47)38-19-20-48-30-13-7-6-12-27(30)33(44)40-29(34(45)37-18-8-11-24-9-4-3-5-10-24)22-31(43)39-28(35(46)41-32)21-25-14-16-26(42)17-15-25/h3-7,9-10,12-17,23,28-29,32,42H,8,11,18-22H2,1-2H3,(H,37,45)(H,38,47)(H,39,43)(H,40,44)(H,41,46)/t28-,29-,32+/m0/s1. The van der Waals surface area contributed by atoms with Crippen molar-refractivity contribution in [1.82, 2.24) is 26.6 Å². The number of carbonyl (C=O) groups is 5. The van der Waals surface area contributed by atoms with Crippen molar-refractivity contribution in [2.24, 2.45) is 5.92 Å². The number of amides is 5. The molecule has 0 saturated heterocycles. The number of aromatic hydroxyl groups is 1. The first-order valence-corrected chi connectivity index (χ1v) is 16.1. The van der Waals surface area contributed by atoms with Gasteiger partial charge in [-0.15, -0.1) is 0 Å². The molecule has 12 heteroatoms. The Morgan fingerprint density at radius 2 is 1.58 bits per heavy atom. The molecule has 0 fully saturated rings. The quantitative estimate of drug-likeness (QED) is 0.201. The van der Waals surface area contributed by atoms with Gasteiger partial charge in [-0.05, 0) is 54.2 Å². The molecule has 6 N–H and O–H groups in total. The number of carbonyl (C=O) groups excluding carboxylic acids is 5. The van der Waals surface area contributed by atoms with Crippen molar-refractivity contribution in [3.05, 3.63) is 95.6 Å². The van der Waals surface area contributed by atoms with Crippen molar-refractivity contribution in [2.45, 2.75) is 57.7 Å². The minimum Gasteiger partial charge on any atom is -0.508 e. The smallest absolute Gasteiger partial charge is 0.255 e. The molecule has 3 aromatic carbocycles. The molecule has 1 heterocycles. The van der Waals surface area contributed by atoms with Gasteiger partial charge < -0.3 is 36.4 Å². The Morgan fingerprint density at radius 3 is 2.31 bits per heavy atom. The minimum absolute atomic E-state index is 0.0314. The van der Waals surface area contributed by atoms with E-state index in [0.717, 1.165) is 12.0 Å². The third-order valence-corrected chi connectivity index (χ3v) is 7.86. The summed E-state index contributed by atoms with van der Waals surface area (Å²) in [7, 11) is 0. The van der Waals surface area contributed by atoms with Gasteiger partial charge >= 0.3 is 0 Å². The molecule has 3 atom stereocenters. The molecule has 0 saturated carbocycles. The van der Waals surface area contributed by atoms with Crippen LogP contribution in [-0.4, -0.2) is 72.5 Å². The van der Waals surface area contributed by atoms with E-state index in [1.165, 1.54) is 18.2 Å². The van der Waals surface area contributed by atoms with Crippen LogP contribution in [0.1, 0.15) is 48.2 Å². The second-order valence-corrected chi connectivity index (χ2v) is 12.0. The Hall–Kier alpha value is -5.39. The maximum atomic E-state index is 13.6. The summed E-state index contributed by atoms with van der Waals surface area (Å²) in [5, 5.41) is 23.5. The molecule has 0 aromatic heterocycles. The molecule has 3 aromatic rings. The van der Waals surface area contributed by atoms with E-state index < -0.39 is 54.1 Å². The summed E-state index contributed by atoms with van der Waals surface area (Å²) >= 11 is 0. The van der Waals surface area contributed by atoms with E-state index in [9.17, 15) is 29.1 Å². The summed E-state index contributed by atoms with van der Waals surface area (Å²) < 4.78 is 5.82. The number of benzene rings is 3. The van der Waals surface area contributed by atoms with Gasteiger partial charge in [0.25, 0.3) is 5.91 Å². The van der Waals surface area contributed by atoms with E-state index in [-0.39, 0.29) is 42.6 Å². The number of phenols is 1. The lowest BCUT2D eigenvalue weighted by Crippen LogP contribution is -2.57. The van der Waals surface area contributed by atoms with Crippen LogP contribution in [0.4, 0.5) is 0 Å². The molecule has 0 bridgehead atoms. The van der Waals surface area contributed by atoms with Crippen LogP contribution >= 0.6 is 0 Å². The second-order valence-electron chi connectivity index (χ2n) is 12.0. The molecule has 1 aliphatic heterocycles. The highest BCUT2D eigenvalue weighted by molar-refractivity contribution is 6.01. The van der Waals surface area contributed by atoms with Gasteiger partial charge in [0.05, 0.1) is 18.5 Å². The first-order valence-electron chi connectivity index (χ1n) is 16.1. The maximum Gasteiger partial charge on any atom is 0.255 e. The molecule has 5 amide bonds. The summed E-state index contributed by atoms with van der Waals surface area (Å²) in [6.45, 7) is 4.01. The van der Waals surface area contributed by atoms with Crippen molar-refractivity contribution in [3.8, 4) is 11.5 Å².